The lowest BCUT2D eigenvalue weighted by molar-refractivity contribution is -0.123. The molecule has 1 atom stereocenters. The lowest BCUT2D eigenvalue weighted by Gasteiger charge is -2.22. The summed E-state index contributed by atoms with van der Waals surface area (Å²) in [6.45, 7) is 5.51. The smallest absolute Gasteiger partial charge is 0.244 e. The largest absolute Gasteiger partial charge is 0.383 e. The van der Waals surface area contributed by atoms with E-state index in [0.29, 0.717) is 26.2 Å². The van der Waals surface area contributed by atoms with Gasteiger partial charge in [-0.15, -0.1) is 12.4 Å². The van der Waals surface area contributed by atoms with Crippen molar-refractivity contribution < 1.29 is 22.3 Å². The number of benzene rings is 1. The molecule has 0 aliphatic heterocycles. The van der Waals surface area contributed by atoms with E-state index >= 15 is 0 Å². The molecule has 1 aromatic rings. The van der Waals surface area contributed by atoms with Crippen LogP contribution in [0.1, 0.15) is 13.8 Å². The van der Waals surface area contributed by atoms with Crippen molar-refractivity contribution in [3.05, 3.63) is 30.1 Å². The third-order valence-corrected chi connectivity index (χ3v) is 4.92. The minimum atomic E-state index is -4.14. The van der Waals surface area contributed by atoms with Gasteiger partial charge in [0.1, 0.15) is 16.8 Å². The number of hydrogen-bond acceptors (Lipinski definition) is 5. The average molecular weight is 412 g/mol. The maximum atomic E-state index is 13.7. The second kappa shape index (κ2) is 12.2. The van der Waals surface area contributed by atoms with Gasteiger partial charge in [0, 0.05) is 26.7 Å². The minimum absolute atomic E-state index is 0. The molecular weight excluding hydrogens is 385 g/mol. The molecule has 26 heavy (non-hydrogen) atoms. The summed E-state index contributed by atoms with van der Waals surface area (Å²) < 4.78 is 45.7. The van der Waals surface area contributed by atoms with Crippen molar-refractivity contribution in [2.45, 2.75) is 24.8 Å². The molecule has 0 radical (unpaired) electrons. The highest BCUT2D eigenvalue weighted by molar-refractivity contribution is 7.89. The van der Waals surface area contributed by atoms with E-state index in [1.807, 2.05) is 0 Å². The van der Waals surface area contributed by atoms with Crippen LogP contribution < -0.4 is 15.4 Å². The van der Waals surface area contributed by atoms with Gasteiger partial charge < -0.3 is 15.4 Å². The van der Waals surface area contributed by atoms with E-state index in [1.54, 1.807) is 21.0 Å². The zero-order valence-corrected chi connectivity index (χ0v) is 16.8. The van der Waals surface area contributed by atoms with Gasteiger partial charge in [0.25, 0.3) is 0 Å². The number of carbonyl (C=O) groups excluding carboxylic acids is 1. The fourth-order valence-corrected chi connectivity index (χ4v) is 3.49. The van der Waals surface area contributed by atoms with Crippen LogP contribution in [0.25, 0.3) is 0 Å². The number of methoxy groups -OCH3 is 1. The molecular formula is C16H27ClFN3O4S. The van der Waals surface area contributed by atoms with Crippen LogP contribution in [0, 0.1) is 11.7 Å². The van der Waals surface area contributed by atoms with E-state index in [1.165, 1.54) is 12.1 Å². The normalized spacial score (nSPS) is 12.5. The molecule has 0 saturated heterocycles. The molecule has 1 amide bonds. The maximum Gasteiger partial charge on any atom is 0.244 e. The van der Waals surface area contributed by atoms with Gasteiger partial charge in [-0.2, -0.15) is 4.72 Å². The van der Waals surface area contributed by atoms with Crippen LogP contribution in [-0.4, -0.2) is 53.7 Å². The molecule has 1 unspecified atom stereocenters. The fraction of sp³-hybridized carbons (Fsp3) is 0.562. The number of halogens is 2. The first kappa shape index (κ1) is 24.7. The monoisotopic (exact) mass is 411 g/mol. The van der Waals surface area contributed by atoms with Gasteiger partial charge in [-0.05, 0) is 18.1 Å². The number of amides is 1. The summed E-state index contributed by atoms with van der Waals surface area (Å²) in [5.74, 6) is -1.62. The molecule has 0 aliphatic carbocycles. The van der Waals surface area contributed by atoms with Gasteiger partial charge in [-0.25, -0.2) is 12.8 Å². The van der Waals surface area contributed by atoms with Crippen LogP contribution in [0.2, 0.25) is 0 Å². The molecule has 0 saturated carbocycles. The Balaban J connectivity index is 0.00000625. The summed E-state index contributed by atoms with van der Waals surface area (Å²) in [6, 6.07) is 4.05. The fourth-order valence-electron chi connectivity index (χ4n) is 2.07. The van der Waals surface area contributed by atoms with Gasteiger partial charge in [-0.1, -0.05) is 26.0 Å². The molecule has 0 aliphatic rings. The Hall–Kier alpha value is -1.26. The highest BCUT2D eigenvalue weighted by Crippen LogP contribution is 2.15. The van der Waals surface area contributed by atoms with Gasteiger partial charge in [0.05, 0.1) is 6.61 Å². The van der Waals surface area contributed by atoms with Crippen LogP contribution in [0.5, 0.6) is 0 Å². The van der Waals surface area contributed by atoms with E-state index in [2.05, 4.69) is 15.4 Å². The van der Waals surface area contributed by atoms with Crippen molar-refractivity contribution in [1.29, 1.82) is 0 Å². The predicted octanol–water partition coefficient (Wildman–Crippen LogP) is 0.903. The molecule has 7 nitrogen and oxygen atoms in total. The standard InChI is InChI=1S/C16H26FN3O4S.ClH/c1-12(2)15(16(21)19-9-8-18-10-11-24-3)20-25(22,23)14-7-5-4-6-13(14)17;/h4-7,12,15,18,20H,8-11H2,1-3H3,(H,19,21);1H. The number of carbonyl (C=O) groups is 1. The van der Waals surface area contributed by atoms with Crippen molar-refractivity contribution in [3.8, 4) is 0 Å². The van der Waals surface area contributed by atoms with E-state index in [0.717, 1.165) is 12.1 Å². The molecule has 1 rings (SSSR count). The first-order valence-electron chi connectivity index (χ1n) is 8.04. The van der Waals surface area contributed by atoms with Crippen LogP contribution in [0.15, 0.2) is 29.2 Å². The van der Waals surface area contributed by atoms with E-state index in [-0.39, 0.29) is 18.3 Å². The summed E-state index contributed by atoms with van der Waals surface area (Å²) in [4.78, 5) is 11.8. The number of hydrogen-bond donors (Lipinski definition) is 3. The van der Waals surface area contributed by atoms with Gasteiger partial charge in [0.15, 0.2) is 0 Å². The Morgan fingerprint density at radius 2 is 1.85 bits per heavy atom. The topological polar surface area (TPSA) is 96.5 Å². The van der Waals surface area contributed by atoms with Crippen LogP contribution in [0.3, 0.4) is 0 Å². The summed E-state index contributed by atoms with van der Waals surface area (Å²) >= 11 is 0. The number of nitrogens with one attached hydrogen (secondary N) is 3. The Morgan fingerprint density at radius 3 is 2.42 bits per heavy atom. The van der Waals surface area contributed by atoms with Crippen LogP contribution in [-0.2, 0) is 19.6 Å². The third-order valence-electron chi connectivity index (χ3n) is 3.44. The number of rotatable bonds is 11. The zero-order valence-electron chi connectivity index (χ0n) is 15.1. The summed E-state index contributed by atoms with van der Waals surface area (Å²) in [7, 11) is -2.55. The molecule has 150 valence electrons. The van der Waals surface area contributed by atoms with E-state index in [9.17, 15) is 17.6 Å². The molecule has 0 heterocycles. The van der Waals surface area contributed by atoms with Crippen LogP contribution >= 0.6 is 12.4 Å². The number of ether oxygens (including phenoxy) is 1. The molecule has 10 heteroatoms. The molecule has 1 aromatic carbocycles. The predicted molar refractivity (Wildman–Crippen MR) is 100 cm³/mol. The van der Waals surface area contributed by atoms with Crippen molar-refractivity contribution in [1.82, 2.24) is 15.4 Å². The van der Waals surface area contributed by atoms with E-state index < -0.39 is 32.7 Å². The zero-order chi connectivity index (χ0) is 18.9. The lowest BCUT2D eigenvalue weighted by atomic mass is 10.1. The highest BCUT2D eigenvalue weighted by atomic mass is 35.5. The quantitative estimate of drug-likeness (QED) is 0.470. The summed E-state index contributed by atoms with van der Waals surface area (Å²) in [6.07, 6.45) is 0. The molecule has 0 bridgehead atoms. The first-order valence-corrected chi connectivity index (χ1v) is 9.52. The van der Waals surface area contributed by atoms with Crippen molar-refractivity contribution in [3.63, 3.8) is 0 Å². The van der Waals surface area contributed by atoms with Gasteiger partial charge in [0.2, 0.25) is 15.9 Å². The number of sulfonamides is 1. The Morgan fingerprint density at radius 1 is 1.19 bits per heavy atom. The molecule has 0 fully saturated rings. The van der Waals surface area contributed by atoms with Crippen LogP contribution in [0.4, 0.5) is 4.39 Å². The SMILES string of the molecule is COCCNCCNC(=O)C(NS(=O)(=O)c1ccccc1F)C(C)C.Cl. The van der Waals surface area contributed by atoms with Crippen molar-refractivity contribution in [2.24, 2.45) is 5.92 Å². The molecule has 0 aromatic heterocycles. The Bertz CT molecular complexity index is 659. The highest BCUT2D eigenvalue weighted by Gasteiger charge is 2.29. The lowest BCUT2D eigenvalue weighted by Crippen LogP contribution is -2.50. The Kier molecular flexibility index (Phi) is 11.6. The summed E-state index contributed by atoms with van der Waals surface area (Å²) in [5, 5.41) is 5.73. The molecule has 0 spiro atoms. The second-order valence-electron chi connectivity index (χ2n) is 5.81. The summed E-state index contributed by atoms with van der Waals surface area (Å²) in [5.41, 5.74) is 0. The van der Waals surface area contributed by atoms with Gasteiger partial charge in [-0.3, -0.25) is 4.79 Å². The van der Waals surface area contributed by atoms with Gasteiger partial charge >= 0.3 is 0 Å². The third kappa shape index (κ3) is 7.96. The molecule has 3 N–H and O–H groups in total. The van der Waals surface area contributed by atoms with Crippen molar-refractivity contribution in [2.75, 3.05) is 33.4 Å². The Labute approximate surface area is 160 Å². The first-order chi connectivity index (χ1) is 11.8. The minimum Gasteiger partial charge on any atom is -0.383 e. The van der Waals surface area contributed by atoms with Crippen molar-refractivity contribution >= 4 is 28.3 Å². The second-order valence-corrected chi connectivity index (χ2v) is 7.49. The maximum absolute atomic E-state index is 13.7. The van der Waals surface area contributed by atoms with E-state index in [4.69, 9.17) is 4.74 Å². The average Bonchev–Trinajstić information content (AvgIpc) is 2.55.